The van der Waals surface area contributed by atoms with Crippen molar-refractivity contribution in [2.45, 2.75) is 44.0 Å². The number of anilines is 1. The third-order valence-electron chi connectivity index (χ3n) is 6.22. The van der Waals surface area contributed by atoms with Gasteiger partial charge in [-0.1, -0.05) is 38.8 Å². The number of ether oxygens (including phenoxy) is 1. The topological polar surface area (TPSA) is 75.7 Å². The Morgan fingerprint density at radius 2 is 1.73 bits per heavy atom. The summed E-state index contributed by atoms with van der Waals surface area (Å²) in [6.07, 6.45) is 3.29. The van der Waals surface area contributed by atoms with Crippen LogP contribution in [0.2, 0.25) is 0 Å². The number of benzene rings is 2. The molecule has 2 aromatic carbocycles. The summed E-state index contributed by atoms with van der Waals surface area (Å²) in [5, 5.41) is 3.12. The standard InChI is InChI=1S/C23H30N2O4S/c1-16-8-7-9-20(17(16)2)24-23(26)18-12-14-19(15-13-18)30(27,28)25(3)21-10-5-6-11-22(21)29-4/h5-6,10-17,20H,7-9H2,1-4H3,(H,24,26). The van der Waals surface area contributed by atoms with E-state index < -0.39 is 10.0 Å². The highest BCUT2D eigenvalue weighted by Gasteiger charge is 2.29. The zero-order valence-electron chi connectivity index (χ0n) is 18.0. The van der Waals surface area contributed by atoms with Crippen LogP contribution in [0, 0.1) is 11.8 Å². The monoisotopic (exact) mass is 430 g/mol. The Balaban J connectivity index is 1.76. The highest BCUT2D eigenvalue weighted by molar-refractivity contribution is 7.92. The van der Waals surface area contributed by atoms with Crippen molar-refractivity contribution < 1.29 is 17.9 Å². The number of amides is 1. The predicted molar refractivity (Wildman–Crippen MR) is 118 cm³/mol. The molecular weight excluding hydrogens is 400 g/mol. The molecule has 162 valence electrons. The Morgan fingerprint density at radius 1 is 1.07 bits per heavy atom. The van der Waals surface area contributed by atoms with Crippen LogP contribution in [0.15, 0.2) is 53.4 Å². The molecule has 2 aromatic rings. The first-order chi connectivity index (χ1) is 14.3. The normalized spacial score (nSPS) is 21.7. The number of hydrogen-bond donors (Lipinski definition) is 1. The van der Waals surface area contributed by atoms with Crippen LogP contribution in [-0.4, -0.2) is 34.5 Å². The molecule has 7 heteroatoms. The van der Waals surface area contributed by atoms with Gasteiger partial charge >= 0.3 is 0 Å². The maximum absolute atomic E-state index is 13.0. The van der Waals surface area contributed by atoms with E-state index in [1.54, 1.807) is 36.4 Å². The summed E-state index contributed by atoms with van der Waals surface area (Å²) in [7, 11) is -0.803. The number of carbonyl (C=O) groups excluding carboxylic acids is 1. The molecule has 0 radical (unpaired) electrons. The molecular formula is C23H30N2O4S. The van der Waals surface area contributed by atoms with Gasteiger partial charge in [-0.25, -0.2) is 8.42 Å². The number of sulfonamides is 1. The van der Waals surface area contributed by atoms with Gasteiger partial charge in [-0.15, -0.1) is 0 Å². The second-order valence-electron chi connectivity index (χ2n) is 8.02. The van der Waals surface area contributed by atoms with E-state index in [0.717, 1.165) is 12.8 Å². The summed E-state index contributed by atoms with van der Waals surface area (Å²) in [5.41, 5.74) is 0.904. The fourth-order valence-corrected chi connectivity index (χ4v) is 5.20. The van der Waals surface area contributed by atoms with Gasteiger partial charge in [0.1, 0.15) is 5.75 Å². The molecule has 3 rings (SSSR count). The second-order valence-corrected chi connectivity index (χ2v) is 9.99. The number of carbonyl (C=O) groups is 1. The van der Waals surface area contributed by atoms with Gasteiger partial charge in [0, 0.05) is 18.7 Å². The Kier molecular flexibility index (Phi) is 6.71. The first kappa shape index (κ1) is 22.2. The number of nitrogens with zero attached hydrogens (tertiary/aromatic N) is 1. The maximum Gasteiger partial charge on any atom is 0.264 e. The molecule has 0 aromatic heterocycles. The Bertz CT molecular complexity index is 989. The van der Waals surface area contributed by atoms with Crippen LogP contribution in [0.25, 0.3) is 0 Å². The van der Waals surface area contributed by atoms with Crippen molar-refractivity contribution in [1.82, 2.24) is 5.32 Å². The third kappa shape index (κ3) is 4.46. The number of rotatable bonds is 6. The second kappa shape index (κ2) is 9.08. The molecule has 30 heavy (non-hydrogen) atoms. The van der Waals surface area contributed by atoms with Crippen LogP contribution >= 0.6 is 0 Å². The molecule has 3 unspecified atom stereocenters. The van der Waals surface area contributed by atoms with Crippen LogP contribution in [-0.2, 0) is 10.0 Å². The largest absolute Gasteiger partial charge is 0.495 e. The van der Waals surface area contributed by atoms with Crippen molar-refractivity contribution in [3.63, 3.8) is 0 Å². The van der Waals surface area contributed by atoms with E-state index in [9.17, 15) is 13.2 Å². The molecule has 1 saturated carbocycles. The molecule has 6 nitrogen and oxygen atoms in total. The average molecular weight is 431 g/mol. The van der Waals surface area contributed by atoms with E-state index in [1.807, 2.05) is 0 Å². The zero-order chi connectivity index (χ0) is 21.9. The van der Waals surface area contributed by atoms with E-state index in [2.05, 4.69) is 19.2 Å². The van der Waals surface area contributed by atoms with Crippen molar-refractivity contribution in [3.05, 3.63) is 54.1 Å². The van der Waals surface area contributed by atoms with E-state index in [1.165, 1.54) is 37.0 Å². The number of nitrogens with one attached hydrogen (secondary N) is 1. The minimum Gasteiger partial charge on any atom is -0.495 e. The van der Waals surface area contributed by atoms with Crippen molar-refractivity contribution in [2.75, 3.05) is 18.5 Å². The van der Waals surface area contributed by atoms with Crippen LogP contribution < -0.4 is 14.4 Å². The van der Waals surface area contributed by atoms with Crippen LogP contribution in [0.3, 0.4) is 0 Å². The van der Waals surface area contributed by atoms with E-state index in [0.29, 0.717) is 28.8 Å². The van der Waals surface area contributed by atoms with Gasteiger partial charge in [0.2, 0.25) is 0 Å². The minimum absolute atomic E-state index is 0.118. The lowest BCUT2D eigenvalue weighted by Crippen LogP contribution is -2.43. The van der Waals surface area contributed by atoms with Gasteiger partial charge in [0.05, 0.1) is 17.7 Å². The number of para-hydroxylation sites is 2. The highest BCUT2D eigenvalue weighted by atomic mass is 32.2. The van der Waals surface area contributed by atoms with Gasteiger partial charge in [-0.2, -0.15) is 0 Å². The molecule has 1 aliphatic rings. The van der Waals surface area contributed by atoms with Crippen molar-refractivity contribution in [1.29, 1.82) is 0 Å². The van der Waals surface area contributed by atoms with Crippen LogP contribution in [0.1, 0.15) is 43.5 Å². The first-order valence-electron chi connectivity index (χ1n) is 10.3. The average Bonchev–Trinajstić information content (AvgIpc) is 2.76. The Labute approximate surface area is 179 Å². The summed E-state index contributed by atoms with van der Waals surface area (Å²) in [6, 6.07) is 13.2. The van der Waals surface area contributed by atoms with Crippen molar-refractivity contribution >= 4 is 21.6 Å². The Morgan fingerprint density at radius 3 is 2.40 bits per heavy atom. The molecule has 1 amide bonds. The summed E-state index contributed by atoms with van der Waals surface area (Å²) in [6.45, 7) is 4.40. The number of methoxy groups -OCH3 is 1. The van der Waals surface area contributed by atoms with E-state index >= 15 is 0 Å². The van der Waals surface area contributed by atoms with Gasteiger partial charge in [-0.05, 0) is 54.7 Å². The molecule has 0 bridgehead atoms. The zero-order valence-corrected chi connectivity index (χ0v) is 18.8. The summed E-state index contributed by atoms with van der Waals surface area (Å²) >= 11 is 0. The van der Waals surface area contributed by atoms with Gasteiger partial charge in [0.15, 0.2) is 0 Å². The molecule has 0 saturated heterocycles. The molecule has 3 atom stereocenters. The quantitative estimate of drug-likeness (QED) is 0.749. The van der Waals surface area contributed by atoms with E-state index in [4.69, 9.17) is 4.74 Å². The van der Waals surface area contributed by atoms with Gasteiger partial charge in [0.25, 0.3) is 15.9 Å². The molecule has 1 aliphatic carbocycles. The lowest BCUT2D eigenvalue weighted by Gasteiger charge is -2.34. The van der Waals surface area contributed by atoms with Crippen molar-refractivity contribution in [3.8, 4) is 5.75 Å². The van der Waals surface area contributed by atoms with Gasteiger partial charge < -0.3 is 10.1 Å². The van der Waals surface area contributed by atoms with Crippen molar-refractivity contribution in [2.24, 2.45) is 11.8 Å². The molecule has 1 fully saturated rings. The summed E-state index contributed by atoms with van der Waals surface area (Å²) < 4.78 is 32.6. The third-order valence-corrected chi connectivity index (χ3v) is 8.01. The fourth-order valence-electron chi connectivity index (χ4n) is 3.99. The van der Waals surface area contributed by atoms with Gasteiger partial charge in [-0.3, -0.25) is 9.10 Å². The lowest BCUT2D eigenvalue weighted by molar-refractivity contribution is 0.0891. The predicted octanol–water partition coefficient (Wildman–Crippen LogP) is 4.07. The lowest BCUT2D eigenvalue weighted by atomic mass is 9.78. The SMILES string of the molecule is COc1ccccc1N(C)S(=O)(=O)c1ccc(C(=O)NC2CCCC(C)C2C)cc1. The van der Waals surface area contributed by atoms with Crippen LogP contribution in [0.5, 0.6) is 5.75 Å². The fraction of sp³-hybridized carbons (Fsp3) is 0.435. The number of hydrogen-bond acceptors (Lipinski definition) is 4. The molecule has 0 aliphatic heterocycles. The molecule has 0 spiro atoms. The molecule has 1 N–H and O–H groups in total. The first-order valence-corrected chi connectivity index (χ1v) is 11.7. The Hall–Kier alpha value is -2.54. The minimum atomic E-state index is -3.79. The summed E-state index contributed by atoms with van der Waals surface area (Å²) in [4.78, 5) is 12.8. The maximum atomic E-state index is 13.0. The summed E-state index contributed by atoms with van der Waals surface area (Å²) in [5.74, 6) is 1.32. The van der Waals surface area contributed by atoms with E-state index in [-0.39, 0.29) is 16.8 Å². The van der Waals surface area contributed by atoms with Crippen LogP contribution in [0.4, 0.5) is 5.69 Å². The molecule has 0 heterocycles. The smallest absolute Gasteiger partial charge is 0.264 e. The highest BCUT2D eigenvalue weighted by Crippen LogP contribution is 2.31.